The number of amides is 1. The van der Waals surface area contributed by atoms with E-state index < -0.39 is 0 Å². The van der Waals surface area contributed by atoms with Crippen LogP contribution < -0.4 is 5.32 Å². The second-order valence-electron chi connectivity index (χ2n) is 7.20. The third kappa shape index (κ3) is 3.60. The Bertz CT molecular complexity index is 910. The number of hydrogen-bond donors (Lipinski definition) is 1. The molecule has 0 aliphatic heterocycles. The number of anilines is 1. The maximum absolute atomic E-state index is 12.9. The zero-order chi connectivity index (χ0) is 18.8. The highest BCUT2D eigenvalue weighted by Crippen LogP contribution is 2.43. The number of rotatable bonds is 4. The van der Waals surface area contributed by atoms with Gasteiger partial charge in [0, 0.05) is 16.0 Å². The summed E-state index contributed by atoms with van der Waals surface area (Å²) in [6.45, 7) is 1.79. The standard InChI is InChI=1S/C20H23N3O3S/c1-12-21-19(26-23-12)17-15-9-3-2-4-10-16(15)27-20(17)22-18(25)14-8-6-5-7-13(14)11-24/h11H,2-10H2,1H3,(H,22,25). The first-order chi connectivity index (χ1) is 13.2. The van der Waals surface area contributed by atoms with E-state index in [2.05, 4.69) is 15.5 Å². The zero-order valence-electron chi connectivity index (χ0n) is 15.5. The van der Waals surface area contributed by atoms with Gasteiger partial charge in [-0.05, 0) is 63.9 Å². The Morgan fingerprint density at radius 2 is 1.89 bits per heavy atom. The van der Waals surface area contributed by atoms with Crippen molar-refractivity contribution in [2.45, 2.75) is 64.7 Å². The van der Waals surface area contributed by atoms with Gasteiger partial charge in [-0.15, -0.1) is 11.3 Å². The Labute approximate surface area is 162 Å². The largest absolute Gasteiger partial charge is 0.334 e. The highest BCUT2D eigenvalue weighted by atomic mass is 32.1. The minimum absolute atomic E-state index is 0.175. The van der Waals surface area contributed by atoms with Gasteiger partial charge in [0.15, 0.2) is 5.82 Å². The molecular weight excluding hydrogens is 362 g/mol. The van der Waals surface area contributed by atoms with Gasteiger partial charge in [-0.25, -0.2) is 0 Å². The first-order valence-electron chi connectivity index (χ1n) is 9.61. The van der Waals surface area contributed by atoms with Crippen molar-refractivity contribution in [2.24, 2.45) is 0 Å². The highest BCUT2D eigenvalue weighted by molar-refractivity contribution is 7.17. The number of aldehydes is 1. The molecule has 0 aromatic carbocycles. The van der Waals surface area contributed by atoms with Crippen LogP contribution in [0.2, 0.25) is 0 Å². The third-order valence-corrected chi connectivity index (χ3v) is 6.52. The van der Waals surface area contributed by atoms with E-state index in [-0.39, 0.29) is 5.91 Å². The van der Waals surface area contributed by atoms with Crippen LogP contribution in [0.5, 0.6) is 0 Å². The van der Waals surface area contributed by atoms with E-state index >= 15 is 0 Å². The third-order valence-electron chi connectivity index (χ3n) is 5.32. The molecule has 7 heteroatoms. The molecule has 6 nitrogen and oxygen atoms in total. The van der Waals surface area contributed by atoms with Gasteiger partial charge in [0.25, 0.3) is 11.8 Å². The Hall–Kier alpha value is -2.28. The fourth-order valence-corrected chi connectivity index (χ4v) is 5.23. The molecule has 1 amide bonds. The second-order valence-corrected chi connectivity index (χ2v) is 8.30. The summed E-state index contributed by atoms with van der Waals surface area (Å²) in [6, 6.07) is 0. The van der Waals surface area contributed by atoms with E-state index in [1.807, 2.05) is 0 Å². The van der Waals surface area contributed by atoms with Crippen LogP contribution in [0.25, 0.3) is 11.5 Å². The van der Waals surface area contributed by atoms with Gasteiger partial charge in [0.05, 0.1) is 5.56 Å². The smallest absolute Gasteiger partial charge is 0.261 e. The summed E-state index contributed by atoms with van der Waals surface area (Å²) < 4.78 is 5.45. The van der Waals surface area contributed by atoms with Crippen LogP contribution in [0.4, 0.5) is 5.00 Å². The Morgan fingerprint density at radius 3 is 2.67 bits per heavy atom. The van der Waals surface area contributed by atoms with E-state index in [1.165, 1.54) is 16.9 Å². The van der Waals surface area contributed by atoms with Gasteiger partial charge in [0.2, 0.25) is 0 Å². The number of carbonyl (C=O) groups excluding carboxylic acids is 2. The molecule has 4 rings (SSSR count). The molecule has 2 aromatic rings. The molecular formula is C20H23N3O3S. The van der Waals surface area contributed by atoms with Crippen molar-refractivity contribution in [1.82, 2.24) is 10.1 Å². The van der Waals surface area contributed by atoms with E-state index in [0.717, 1.165) is 55.4 Å². The molecule has 2 aromatic heterocycles. The van der Waals surface area contributed by atoms with Crippen molar-refractivity contribution < 1.29 is 14.1 Å². The maximum Gasteiger partial charge on any atom is 0.261 e. The molecule has 27 heavy (non-hydrogen) atoms. The minimum Gasteiger partial charge on any atom is -0.334 e. The number of thiophene rings is 1. The molecule has 0 spiro atoms. The van der Waals surface area contributed by atoms with Crippen LogP contribution in [-0.2, 0) is 22.4 Å². The van der Waals surface area contributed by atoms with Crippen molar-refractivity contribution in [1.29, 1.82) is 0 Å². The summed E-state index contributed by atoms with van der Waals surface area (Å²) in [4.78, 5) is 30.0. The lowest BCUT2D eigenvalue weighted by Gasteiger charge is -2.16. The average Bonchev–Trinajstić information content (AvgIpc) is 3.16. The summed E-state index contributed by atoms with van der Waals surface area (Å²) in [5.41, 5.74) is 3.35. The Balaban J connectivity index is 1.73. The van der Waals surface area contributed by atoms with Gasteiger partial charge in [-0.1, -0.05) is 11.6 Å². The van der Waals surface area contributed by atoms with Crippen LogP contribution in [0.15, 0.2) is 15.7 Å². The normalized spacial score (nSPS) is 17.4. The lowest BCUT2D eigenvalue weighted by molar-refractivity contribution is -0.113. The van der Waals surface area contributed by atoms with Gasteiger partial charge < -0.3 is 9.84 Å². The summed E-state index contributed by atoms with van der Waals surface area (Å²) in [7, 11) is 0. The van der Waals surface area contributed by atoms with Crippen molar-refractivity contribution in [3.8, 4) is 11.5 Å². The molecule has 0 radical (unpaired) electrons. The van der Waals surface area contributed by atoms with E-state index in [1.54, 1.807) is 18.3 Å². The Morgan fingerprint density at radius 1 is 1.11 bits per heavy atom. The lowest BCUT2D eigenvalue weighted by atomic mass is 9.92. The molecule has 0 saturated carbocycles. The number of allylic oxidation sites excluding steroid dienone is 1. The molecule has 0 unspecified atom stereocenters. The quantitative estimate of drug-likeness (QED) is 0.623. The molecule has 142 valence electrons. The van der Waals surface area contributed by atoms with Crippen molar-refractivity contribution in [3.05, 3.63) is 27.4 Å². The second kappa shape index (κ2) is 7.76. The maximum atomic E-state index is 12.9. The topological polar surface area (TPSA) is 85.1 Å². The number of aryl methyl sites for hydroxylation is 2. The monoisotopic (exact) mass is 385 g/mol. The zero-order valence-corrected chi connectivity index (χ0v) is 16.3. The predicted molar refractivity (Wildman–Crippen MR) is 104 cm³/mol. The van der Waals surface area contributed by atoms with Gasteiger partial charge in [0.1, 0.15) is 11.3 Å². The first kappa shape index (κ1) is 18.1. The number of fused-ring (bicyclic) bond motifs is 1. The summed E-state index contributed by atoms with van der Waals surface area (Å²) in [5, 5.41) is 7.76. The molecule has 1 N–H and O–H groups in total. The van der Waals surface area contributed by atoms with Crippen LogP contribution in [0.3, 0.4) is 0 Å². The first-order valence-corrected chi connectivity index (χ1v) is 10.4. The van der Waals surface area contributed by atoms with Crippen LogP contribution in [0, 0.1) is 6.92 Å². The van der Waals surface area contributed by atoms with Crippen LogP contribution in [-0.4, -0.2) is 22.3 Å². The number of carbonyl (C=O) groups is 2. The van der Waals surface area contributed by atoms with Gasteiger partial charge in [-0.2, -0.15) is 4.98 Å². The minimum atomic E-state index is -0.175. The molecule has 0 bridgehead atoms. The lowest BCUT2D eigenvalue weighted by Crippen LogP contribution is -2.18. The van der Waals surface area contributed by atoms with Gasteiger partial charge >= 0.3 is 0 Å². The molecule has 0 atom stereocenters. The van der Waals surface area contributed by atoms with Crippen LogP contribution >= 0.6 is 11.3 Å². The van der Waals surface area contributed by atoms with Crippen molar-refractivity contribution >= 4 is 28.5 Å². The average molecular weight is 385 g/mol. The summed E-state index contributed by atoms with van der Waals surface area (Å²) in [5.74, 6) is 0.871. The fourth-order valence-electron chi connectivity index (χ4n) is 3.95. The number of aromatic nitrogens is 2. The predicted octanol–water partition coefficient (Wildman–Crippen LogP) is 4.38. The molecule has 0 saturated heterocycles. The molecule has 2 heterocycles. The van der Waals surface area contributed by atoms with Crippen molar-refractivity contribution in [3.63, 3.8) is 0 Å². The molecule has 0 fully saturated rings. The highest BCUT2D eigenvalue weighted by Gasteiger charge is 2.27. The van der Waals surface area contributed by atoms with Crippen molar-refractivity contribution in [2.75, 3.05) is 5.32 Å². The summed E-state index contributed by atoms with van der Waals surface area (Å²) in [6.07, 6.45) is 9.53. The number of hydrogen-bond acceptors (Lipinski definition) is 6. The van der Waals surface area contributed by atoms with E-state index in [0.29, 0.717) is 35.7 Å². The fraction of sp³-hybridized carbons (Fsp3) is 0.500. The van der Waals surface area contributed by atoms with E-state index in [9.17, 15) is 9.59 Å². The number of nitrogens with one attached hydrogen (secondary N) is 1. The number of nitrogens with zero attached hydrogens (tertiary/aromatic N) is 2. The Kier molecular flexibility index (Phi) is 5.20. The van der Waals surface area contributed by atoms with Gasteiger partial charge in [-0.3, -0.25) is 9.59 Å². The SMILES string of the molecule is Cc1noc(-c2c(NC(=O)C3=C(C=O)CCCC3)sc3c2CCCCC3)n1. The molecule has 2 aliphatic carbocycles. The molecule has 2 aliphatic rings. The van der Waals surface area contributed by atoms with Crippen LogP contribution in [0.1, 0.15) is 61.2 Å². The summed E-state index contributed by atoms with van der Waals surface area (Å²) >= 11 is 1.61. The van der Waals surface area contributed by atoms with E-state index in [4.69, 9.17) is 4.52 Å².